The van der Waals surface area contributed by atoms with E-state index in [9.17, 15) is 0 Å². The minimum Gasteiger partial charge on any atom is -0.454 e. The molecule has 1 aliphatic heterocycles. The van der Waals surface area contributed by atoms with E-state index < -0.39 is 0 Å². The third-order valence-electron chi connectivity index (χ3n) is 3.10. The number of imidazole rings is 1. The van der Waals surface area contributed by atoms with E-state index in [4.69, 9.17) is 21.7 Å². The Morgan fingerprint density at radius 2 is 2.23 bits per heavy atom. The number of nitrogens with one attached hydrogen (secondary N) is 3. The van der Waals surface area contributed by atoms with E-state index >= 15 is 0 Å². The van der Waals surface area contributed by atoms with E-state index in [0.29, 0.717) is 27.5 Å². The van der Waals surface area contributed by atoms with Gasteiger partial charge in [0.2, 0.25) is 11.6 Å². The quantitative estimate of drug-likeness (QED) is 0.389. The maximum atomic E-state index is 5.32. The van der Waals surface area contributed by atoms with Crippen LogP contribution < -0.4 is 14.9 Å². The molecular weight excluding hydrogens is 304 g/mol. The van der Waals surface area contributed by atoms with Crippen LogP contribution in [0.15, 0.2) is 29.6 Å². The average molecular weight is 314 g/mol. The van der Waals surface area contributed by atoms with Crippen molar-refractivity contribution in [2.75, 3.05) is 12.2 Å². The summed E-state index contributed by atoms with van der Waals surface area (Å²) in [5, 5.41) is 4.18. The fourth-order valence-corrected chi connectivity index (χ4v) is 2.29. The summed E-state index contributed by atoms with van der Waals surface area (Å²) in [5.41, 5.74) is 5.01. The fraction of sp³-hybridized carbons (Fsp3) is 0.0769. The summed E-state index contributed by atoms with van der Waals surface area (Å²) in [7, 11) is 0. The lowest BCUT2D eigenvalue weighted by Gasteiger charge is -2.01. The second-order valence-electron chi connectivity index (χ2n) is 4.50. The highest BCUT2D eigenvalue weighted by atomic mass is 32.1. The van der Waals surface area contributed by atoms with Crippen LogP contribution in [0.1, 0.15) is 5.56 Å². The molecule has 4 rings (SSSR count). The van der Waals surface area contributed by atoms with Gasteiger partial charge in [-0.15, -0.1) is 0 Å². The van der Waals surface area contributed by atoms with Crippen molar-refractivity contribution in [3.05, 3.63) is 34.9 Å². The molecule has 0 saturated carbocycles. The smallest absolute Gasteiger partial charge is 0.231 e. The monoisotopic (exact) mass is 314 g/mol. The van der Waals surface area contributed by atoms with Crippen LogP contribution >= 0.6 is 12.2 Å². The molecule has 0 fully saturated rings. The van der Waals surface area contributed by atoms with Crippen molar-refractivity contribution >= 4 is 35.4 Å². The summed E-state index contributed by atoms with van der Waals surface area (Å²) in [5.74, 6) is 2.05. The number of ether oxygens (including phenoxy) is 2. The predicted octanol–water partition coefficient (Wildman–Crippen LogP) is 2.19. The number of hydrogen-bond acceptors (Lipinski definition) is 7. The van der Waals surface area contributed by atoms with Crippen LogP contribution in [0.2, 0.25) is 0 Å². The molecule has 110 valence electrons. The van der Waals surface area contributed by atoms with Gasteiger partial charge < -0.3 is 19.4 Å². The molecule has 0 aliphatic carbocycles. The summed E-state index contributed by atoms with van der Waals surface area (Å²) < 4.78 is 10.9. The van der Waals surface area contributed by atoms with E-state index in [1.165, 1.54) is 0 Å². The van der Waals surface area contributed by atoms with Crippen LogP contribution in [0, 0.1) is 4.77 Å². The van der Waals surface area contributed by atoms with Crippen molar-refractivity contribution in [3.63, 3.8) is 0 Å². The van der Waals surface area contributed by atoms with Gasteiger partial charge in [0.15, 0.2) is 23.0 Å². The Labute approximate surface area is 129 Å². The lowest BCUT2D eigenvalue weighted by Crippen LogP contribution is -1.97. The normalized spacial score (nSPS) is 13.1. The van der Waals surface area contributed by atoms with Crippen LogP contribution in [0.4, 0.5) is 5.82 Å². The molecule has 2 aromatic heterocycles. The van der Waals surface area contributed by atoms with Crippen LogP contribution in [0.3, 0.4) is 0 Å². The van der Waals surface area contributed by atoms with Gasteiger partial charge in [0.05, 0.1) is 12.5 Å². The van der Waals surface area contributed by atoms with E-state index in [1.807, 2.05) is 18.2 Å². The first-order valence-electron chi connectivity index (χ1n) is 6.42. The standard InChI is InChI=1S/C13H10N6O2S/c22-13-17-11-10(14-5-15-11)12(18-13)19-16-4-7-1-2-8-9(3-7)21-6-20-8/h1-5H,6H2,(H3,14,15,17,18,19,22)/b16-4+. The molecule has 22 heavy (non-hydrogen) atoms. The van der Waals surface area contributed by atoms with Crippen molar-refractivity contribution in [2.45, 2.75) is 0 Å². The molecule has 0 bridgehead atoms. The summed E-state index contributed by atoms with van der Waals surface area (Å²) in [6.07, 6.45) is 3.22. The van der Waals surface area contributed by atoms with Crippen molar-refractivity contribution in [3.8, 4) is 11.5 Å². The van der Waals surface area contributed by atoms with E-state index in [2.05, 4.69) is 30.5 Å². The zero-order valence-corrected chi connectivity index (χ0v) is 12.0. The van der Waals surface area contributed by atoms with Crippen molar-refractivity contribution in [1.29, 1.82) is 0 Å². The van der Waals surface area contributed by atoms with E-state index in [1.54, 1.807) is 12.5 Å². The molecular formula is C13H10N6O2S. The Bertz CT molecular complexity index is 932. The number of rotatable bonds is 3. The van der Waals surface area contributed by atoms with Crippen LogP contribution in [0.25, 0.3) is 11.2 Å². The second-order valence-corrected chi connectivity index (χ2v) is 4.89. The molecule has 8 nitrogen and oxygen atoms in total. The molecule has 0 unspecified atom stereocenters. The van der Waals surface area contributed by atoms with Crippen molar-refractivity contribution in [1.82, 2.24) is 19.9 Å². The molecule has 3 N–H and O–H groups in total. The zero-order valence-electron chi connectivity index (χ0n) is 11.2. The zero-order chi connectivity index (χ0) is 14.9. The van der Waals surface area contributed by atoms with E-state index in [-0.39, 0.29) is 6.79 Å². The highest BCUT2D eigenvalue weighted by Crippen LogP contribution is 2.32. The molecule has 1 aromatic carbocycles. The first-order valence-corrected chi connectivity index (χ1v) is 6.82. The SMILES string of the molecule is S=c1nc2nc[nH]c2c(N/N=C/c2ccc3c(c2)OCO3)[nH]1. The molecule has 1 aliphatic rings. The summed E-state index contributed by atoms with van der Waals surface area (Å²) in [4.78, 5) is 14.1. The maximum absolute atomic E-state index is 5.32. The molecule has 0 radical (unpaired) electrons. The third-order valence-corrected chi connectivity index (χ3v) is 3.29. The topological polar surface area (TPSA) is 100 Å². The molecule has 0 saturated heterocycles. The fourth-order valence-electron chi connectivity index (χ4n) is 2.10. The molecule has 0 atom stereocenters. The highest BCUT2D eigenvalue weighted by molar-refractivity contribution is 7.71. The molecule has 3 aromatic rings. The number of fused-ring (bicyclic) bond motifs is 2. The molecule has 9 heteroatoms. The van der Waals surface area contributed by atoms with Gasteiger partial charge in [-0.2, -0.15) is 10.1 Å². The van der Waals surface area contributed by atoms with Gasteiger partial charge in [0.1, 0.15) is 5.52 Å². The lowest BCUT2D eigenvalue weighted by atomic mass is 10.2. The van der Waals surface area contributed by atoms with E-state index in [0.717, 1.165) is 11.3 Å². The minimum absolute atomic E-state index is 0.250. The number of H-pyrrole nitrogens is 2. The molecule has 0 spiro atoms. The Kier molecular flexibility index (Phi) is 2.97. The van der Waals surface area contributed by atoms with Gasteiger partial charge in [-0.05, 0) is 36.0 Å². The van der Waals surface area contributed by atoms with Gasteiger partial charge >= 0.3 is 0 Å². The first-order chi connectivity index (χ1) is 10.8. The van der Waals surface area contributed by atoms with Crippen LogP contribution in [0.5, 0.6) is 11.5 Å². The van der Waals surface area contributed by atoms with Gasteiger partial charge in [-0.25, -0.2) is 4.98 Å². The van der Waals surface area contributed by atoms with Gasteiger partial charge in [0.25, 0.3) is 0 Å². The number of benzene rings is 1. The van der Waals surface area contributed by atoms with Gasteiger partial charge in [-0.1, -0.05) is 0 Å². The second kappa shape index (κ2) is 5.11. The van der Waals surface area contributed by atoms with Crippen molar-refractivity contribution in [2.24, 2.45) is 5.10 Å². The Balaban J connectivity index is 1.58. The van der Waals surface area contributed by atoms with Gasteiger partial charge in [0, 0.05) is 0 Å². The first kappa shape index (κ1) is 12.8. The number of aromatic nitrogens is 4. The summed E-state index contributed by atoms with van der Waals surface area (Å²) >= 11 is 5.05. The van der Waals surface area contributed by atoms with Crippen LogP contribution in [-0.4, -0.2) is 32.9 Å². The predicted molar refractivity (Wildman–Crippen MR) is 82.9 cm³/mol. The van der Waals surface area contributed by atoms with Gasteiger partial charge in [-0.3, -0.25) is 5.43 Å². The number of hydrogen-bond donors (Lipinski definition) is 3. The molecule has 3 heterocycles. The Hall–Kier alpha value is -2.94. The summed E-state index contributed by atoms with van der Waals surface area (Å²) in [6.45, 7) is 0.250. The molecule has 0 amide bonds. The third kappa shape index (κ3) is 2.27. The van der Waals surface area contributed by atoms with Crippen LogP contribution in [-0.2, 0) is 0 Å². The average Bonchev–Trinajstić information content (AvgIpc) is 3.14. The number of anilines is 1. The Morgan fingerprint density at radius 3 is 3.18 bits per heavy atom. The number of nitrogens with zero attached hydrogens (tertiary/aromatic N) is 3. The lowest BCUT2D eigenvalue weighted by molar-refractivity contribution is 0.174. The highest BCUT2D eigenvalue weighted by Gasteiger charge is 2.12. The number of hydrazone groups is 1. The van der Waals surface area contributed by atoms with Crippen molar-refractivity contribution < 1.29 is 9.47 Å². The maximum Gasteiger partial charge on any atom is 0.231 e. The Morgan fingerprint density at radius 1 is 1.32 bits per heavy atom. The largest absolute Gasteiger partial charge is 0.454 e. The minimum atomic E-state index is 0.250. The summed E-state index contributed by atoms with van der Waals surface area (Å²) in [6, 6.07) is 5.59. The number of aromatic amines is 2.